The molecule has 2 aliphatic rings. The topological polar surface area (TPSA) is 57.8 Å². The fraction of sp³-hybridized carbons (Fsp3) is 0.455. The Balaban J connectivity index is 1.47. The largest absolute Gasteiger partial charge is 0.375 e. The minimum Gasteiger partial charge on any atom is -0.375 e. The highest BCUT2D eigenvalue weighted by Gasteiger charge is 2.23. The first kappa shape index (κ1) is 17.0. The molecule has 0 fully saturated rings. The molecule has 0 aliphatic heterocycles. The zero-order valence-corrected chi connectivity index (χ0v) is 16.7. The molecule has 2 aromatic heterocycles. The van der Waals surface area contributed by atoms with Crippen molar-refractivity contribution in [1.29, 1.82) is 0 Å². The zero-order valence-electron chi connectivity index (χ0n) is 15.9. The molecule has 140 valence electrons. The van der Waals surface area contributed by atoms with E-state index in [4.69, 9.17) is 4.98 Å². The van der Waals surface area contributed by atoms with Crippen LogP contribution in [0.1, 0.15) is 60.1 Å². The predicted molar refractivity (Wildman–Crippen MR) is 112 cm³/mol. The fourth-order valence-corrected chi connectivity index (χ4v) is 5.94. The standard InChI is InChI=1S/C22H25N3OS/c1-12-6-9-17-18(10-12)27-22-19(17)21(26)24-20(25-22)13(2)23-16-8-7-14-4-3-5-15(14)11-16/h7-8,11-13,23H,3-6,9-10H2,1-2H3,(H,24,25,26)/t12-,13-/m1/s1. The number of aryl methyl sites for hydroxylation is 3. The molecule has 3 aromatic rings. The SMILES string of the molecule is C[C@@H]1CCc2c(sc3nc([C@@H](C)Nc4ccc5c(c4)CCC5)[nH]c(=O)c23)C1. The molecule has 4 nitrogen and oxygen atoms in total. The lowest BCUT2D eigenvalue weighted by molar-refractivity contribution is 0.509. The number of rotatable bonds is 3. The molecule has 0 spiro atoms. The summed E-state index contributed by atoms with van der Waals surface area (Å²) in [5.74, 6) is 1.42. The monoisotopic (exact) mass is 379 g/mol. The number of aromatic nitrogens is 2. The van der Waals surface area contributed by atoms with Gasteiger partial charge in [0.2, 0.25) is 0 Å². The van der Waals surface area contributed by atoms with Gasteiger partial charge >= 0.3 is 0 Å². The number of aromatic amines is 1. The van der Waals surface area contributed by atoms with Crippen molar-refractivity contribution in [3.8, 4) is 0 Å². The van der Waals surface area contributed by atoms with Crippen LogP contribution in [0.25, 0.3) is 10.2 Å². The highest BCUT2D eigenvalue weighted by Crippen LogP contribution is 2.36. The summed E-state index contributed by atoms with van der Waals surface area (Å²) in [4.78, 5) is 22.9. The van der Waals surface area contributed by atoms with Gasteiger partial charge in [0, 0.05) is 10.6 Å². The number of anilines is 1. The van der Waals surface area contributed by atoms with Crippen LogP contribution in [0.5, 0.6) is 0 Å². The third-order valence-corrected chi connectivity index (χ3v) is 7.22. The number of hydrogen-bond donors (Lipinski definition) is 2. The molecule has 1 aromatic carbocycles. The minimum absolute atomic E-state index is 0.0182. The maximum absolute atomic E-state index is 12.8. The number of nitrogens with one attached hydrogen (secondary N) is 2. The van der Waals surface area contributed by atoms with E-state index in [1.54, 1.807) is 11.3 Å². The molecule has 0 radical (unpaired) electrons. The highest BCUT2D eigenvalue weighted by molar-refractivity contribution is 7.18. The van der Waals surface area contributed by atoms with Gasteiger partial charge in [-0.15, -0.1) is 11.3 Å². The average Bonchev–Trinajstić information content (AvgIpc) is 3.24. The lowest BCUT2D eigenvalue weighted by Crippen LogP contribution is -2.18. The van der Waals surface area contributed by atoms with Crippen LogP contribution in [-0.2, 0) is 25.7 Å². The van der Waals surface area contributed by atoms with Crippen molar-refractivity contribution in [2.24, 2.45) is 5.92 Å². The van der Waals surface area contributed by atoms with Gasteiger partial charge in [0.25, 0.3) is 5.56 Å². The minimum atomic E-state index is -0.0420. The molecule has 2 aliphatic carbocycles. The molecular formula is C22H25N3OS. The zero-order chi connectivity index (χ0) is 18.5. The summed E-state index contributed by atoms with van der Waals surface area (Å²) in [5.41, 5.74) is 5.28. The van der Waals surface area contributed by atoms with E-state index in [1.165, 1.54) is 40.8 Å². The van der Waals surface area contributed by atoms with E-state index in [1.807, 2.05) is 0 Å². The van der Waals surface area contributed by atoms with Crippen LogP contribution in [-0.4, -0.2) is 9.97 Å². The Morgan fingerprint density at radius 1 is 1.26 bits per heavy atom. The molecule has 27 heavy (non-hydrogen) atoms. The van der Waals surface area contributed by atoms with Crippen LogP contribution < -0.4 is 10.9 Å². The second kappa shape index (κ2) is 6.48. The van der Waals surface area contributed by atoms with Crippen molar-refractivity contribution < 1.29 is 0 Å². The summed E-state index contributed by atoms with van der Waals surface area (Å²) in [5, 5.41) is 4.35. The third-order valence-electron chi connectivity index (χ3n) is 6.08. The summed E-state index contributed by atoms with van der Waals surface area (Å²) in [7, 11) is 0. The summed E-state index contributed by atoms with van der Waals surface area (Å²) in [6.07, 6.45) is 6.85. The van der Waals surface area contributed by atoms with E-state index in [2.05, 4.69) is 42.3 Å². The molecule has 2 atom stereocenters. The first-order valence-electron chi connectivity index (χ1n) is 10.0. The van der Waals surface area contributed by atoms with Gasteiger partial charge in [0.05, 0.1) is 11.4 Å². The van der Waals surface area contributed by atoms with Crippen LogP contribution >= 0.6 is 11.3 Å². The second-order valence-electron chi connectivity index (χ2n) is 8.19. The number of fused-ring (bicyclic) bond motifs is 4. The van der Waals surface area contributed by atoms with E-state index < -0.39 is 0 Å². The first-order chi connectivity index (χ1) is 13.1. The molecule has 0 amide bonds. The van der Waals surface area contributed by atoms with Gasteiger partial charge in [0.15, 0.2) is 0 Å². The predicted octanol–water partition coefficient (Wildman–Crippen LogP) is 4.77. The van der Waals surface area contributed by atoms with Crippen molar-refractivity contribution in [2.45, 2.75) is 58.4 Å². The Bertz CT molecular complexity index is 1080. The van der Waals surface area contributed by atoms with E-state index in [9.17, 15) is 4.79 Å². The van der Waals surface area contributed by atoms with Crippen LogP contribution in [0.15, 0.2) is 23.0 Å². The van der Waals surface area contributed by atoms with E-state index >= 15 is 0 Å². The van der Waals surface area contributed by atoms with Gasteiger partial charge in [-0.25, -0.2) is 4.98 Å². The Morgan fingerprint density at radius 3 is 3.00 bits per heavy atom. The van der Waals surface area contributed by atoms with Crippen LogP contribution in [0.3, 0.4) is 0 Å². The maximum atomic E-state index is 12.8. The Morgan fingerprint density at radius 2 is 2.11 bits per heavy atom. The second-order valence-corrected chi connectivity index (χ2v) is 9.27. The lowest BCUT2D eigenvalue weighted by atomic mass is 9.89. The summed E-state index contributed by atoms with van der Waals surface area (Å²) in [6, 6.07) is 6.58. The van der Waals surface area contributed by atoms with Crippen molar-refractivity contribution in [3.05, 3.63) is 55.9 Å². The molecular weight excluding hydrogens is 354 g/mol. The van der Waals surface area contributed by atoms with Gasteiger partial charge in [-0.1, -0.05) is 13.0 Å². The molecule has 0 saturated heterocycles. The van der Waals surface area contributed by atoms with Gasteiger partial charge < -0.3 is 10.3 Å². The van der Waals surface area contributed by atoms with Gasteiger partial charge in [-0.2, -0.15) is 0 Å². The first-order valence-corrected chi connectivity index (χ1v) is 10.8. The molecule has 5 rings (SSSR count). The molecule has 0 bridgehead atoms. The summed E-state index contributed by atoms with van der Waals surface area (Å²) < 4.78 is 0. The van der Waals surface area contributed by atoms with Crippen LogP contribution in [0, 0.1) is 5.92 Å². The normalized spacial score (nSPS) is 19.7. The average molecular weight is 380 g/mol. The Hall–Kier alpha value is -2.14. The Kier molecular flexibility index (Phi) is 4.08. The van der Waals surface area contributed by atoms with Gasteiger partial charge in [-0.3, -0.25) is 4.79 Å². The molecule has 0 unspecified atom stereocenters. The lowest BCUT2D eigenvalue weighted by Gasteiger charge is -2.17. The maximum Gasteiger partial charge on any atom is 0.259 e. The van der Waals surface area contributed by atoms with E-state index in [0.29, 0.717) is 5.92 Å². The van der Waals surface area contributed by atoms with Crippen molar-refractivity contribution in [1.82, 2.24) is 9.97 Å². The molecule has 2 N–H and O–H groups in total. The van der Waals surface area contributed by atoms with Gasteiger partial charge in [-0.05, 0) is 80.2 Å². The third kappa shape index (κ3) is 2.98. The smallest absolute Gasteiger partial charge is 0.259 e. The number of thiophene rings is 1. The summed E-state index contributed by atoms with van der Waals surface area (Å²) >= 11 is 1.71. The summed E-state index contributed by atoms with van der Waals surface area (Å²) in [6.45, 7) is 4.35. The van der Waals surface area contributed by atoms with Gasteiger partial charge in [0.1, 0.15) is 10.7 Å². The Labute approximate surface area is 163 Å². The van der Waals surface area contributed by atoms with Crippen LogP contribution in [0.2, 0.25) is 0 Å². The van der Waals surface area contributed by atoms with Crippen molar-refractivity contribution in [2.75, 3.05) is 5.32 Å². The number of benzene rings is 1. The van der Waals surface area contributed by atoms with E-state index in [0.717, 1.165) is 41.0 Å². The number of H-pyrrole nitrogens is 1. The molecule has 2 heterocycles. The highest BCUT2D eigenvalue weighted by atomic mass is 32.1. The molecule has 0 saturated carbocycles. The number of hydrogen-bond acceptors (Lipinski definition) is 4. The van der Waals surface area contributed by atoms with Crippen molar-refractivity contribution >= 4 is 27.2 Å². The van der Waals surface area contributed by atoms with Crippen LogP contribution in [0.4, 0.5) is 5.69 Å². The molecule has 5 heteroatoms. The van der Waals surface area contributed by atoms with E-state index in [-0.39, 0.29) is 11.6 Å². The van der Waals surface area contributed by atoms with Crippen molar-refractivity contribution in [3.63, 3.8) is 0 Å². The quantitative estimate of drug-likeness (QED) is 0.689. The number of nitrogens with zero attached hydrogens (tertiary/aromatic N) is 1. The fourth-order valence-electron chi connectivity index (χ4n) is 4.55.